The predicted molar refractivity (Wildman–Crippen MR) is 80.3 cm³/mol. The van der Waals surface area contributed by atoms with Crippen LogP contribution in [0.25, 0.3) is 16.7 Å². The summed E-state index contributed by atoms with van der Waals surface area (Å²) in [6.07, 6.45) is 0. The first-order chi connectivity index (χ1) is 9.61. The molecule has 2 aromatic carbocycles. The van der Waals surface area contributed by atoms with E-state index >= 15 is 0 Å². The van der Waals surface area contributed by atoms with Crippen molar-refractivity contribution in [2.24, 2.45) is 0 Å². The van der Waals surface area contributed by atoms with Gasteiger partial charge in [-0.25, -0.2) is 9.37 Å². The molecule has 3 rings (SSSR count). The number of para-hydroxylation sites is 1. The lowest BCUT2D eigenvalue weighted by Gasteiger charge is -2.12. The Labute approximate surface area is 125 Å². The van der Waals surface area contributed by atoms with Gasteiger partial charge in [0, 0.05) is 0 Å². The third-order valence-electron chi connectivity index (χ3n) is 3.23. The molecule has 0 bridgehead atoms. The van der Waals surface area contributed by atoms with Gasteiger partial charge in [0.25, 0.3) is 0 Å². The van der Waals surface area contributed by atoms with Crippen LogP contribution in [0.15, 0.2) is 36.4 Å². The molecule has 0 saturated carbocycles. The van der Waals surface area contributed by atoms with Crippen LogP contribution in [0.3, 0.4) is 0 Å². The zero-order chi connectivity index (χ0) is 14.3. The van der Waals surface area contributed by atoms with Crippen LogP contribution in [-0.2, 0) is 5.88 Å². The summed E-state index contributed by atoms with van der Waals surface area (Å²) in [6, 6.07) is 10.1. The molecule has 0 aliphatic heterocycles. The zero-order valence-electron chi connectivity index (χ0n) is 10.7. The van der Waals surface area contributed by atoms with Crippen molar-refractivity contribution in [3.63, 3.8) is 0 Å². The number of hydrogen-bond donors (Lipinski definition) is 0. The maximum Gasteiger partial charge on any atom is 0.129 e. The topological polar surface area (TPSA) is 17.8 Å². The Hall–Kier alpha value is -1.58. The van der Waals surface area contributed by atoms with Crippen LogP contribution in [0.1, 0.15) is 11.4 Å². The minimum atomic E-state index is -0.306. The fourth-order valence-electron chi connectivity index (χ4n) is 2.31. The third-order valence-corrected chi connectivity index (χ3v) is 3.77. The Morgan fingerprint density at radius 1 is 1.25 bits per heavy atom. The van der Waals surface area contributed by atoms with Gasteiger partial charge >= 0.3 is 0 Å². The lowest BCUT2D eigenvalue weighted by atomic mass is 10.2. The van der Waals surface area contributed by atoms with Gasteiger partial charge in [0.2, 0.25) is 0 Å². The second-order valence-corrected chi connectivity index (χ2v) is 5.21. The molecule has 0 spiro atoms. The summed E-state index contributed by atoms with van der Waals surface area (Å²) in [5.74, 6) is 0.560. The van der Waals surface area contributed by atoms with Gasteiger partial charge in [-0.05, 0) is 36.8 Å². The van der Waals surface area contributed by atoms with E-state index in [1.165, 1.54) is 12.1 Å². The Bertz CT molecular complexity index is 796. The number of nitrogens with zero attached hydrogens (tertiary/aromatic N) is 2. The van der Waals surface area contributed by atoms with Gasteiger partial charge in [-0.15, -0.1) is 11.6 Å². The minimum Gasteiger partial charge on any atom is -0.293 e. The van der Waals surface area contributed by atoms with Crippen LogP contribution in [0.2, 0.25) is 5.02 Å². The summed E-state index contributed by atoms with van der Waals surface area (Å²) in [5.41, 5.74) is 3.13. The molecule has 0 radical (unpaired) electrons. The van der Waals surface area contributed by atoms with Gasteiger partial charge in [-0.3, -0.25) is 4.57 Å². The standard InChI is InChI=1S/C15H11Cl2FN2/c1-9-5-6-10(18)7-13(9)20-14(8-16)19-12-4-2-3-11(17)15(12)20/h2-7H,8H2,1H3. The number of aryl methyl sites for hydroxylation is 1. The van der Waals surface area contributed by atoms with E-state index in [1.54, 1.807) is 12.1 Å². The molecule has 0 saturated heterocycles. The van der Waals surface area contributed by atoms with Gasteiger partial charge in [0.1, 0.15) is 11.6 Å². The summed E-state index contributed by atoms with van der Waals surface area (Å²) in [6.45, 7) is 1.91. The maximum atomic E-state index is 13.6. The van der Waals surface area contributed by atoms with E-state index in [-0.39, 0.29) is 11.7 Å². The molecule has 5 heteroatoms. The molecule has 20 heavy (non-hydrogen) atoms. The largest absolute Gasteiger partial charge is 0.293 e. The molecule has 0 atom stereocenters. The van der Waals surface area contributed by atoms with Crippen molar-refractivity contribution < 1.29 is 4.39 Å². The highest BCUT2D eigenvalue weighted by Gasteiger charge is 2.16. The predicted octanol–water partition coefficient (Wildman–Crippen LogP) is 4.87. The average molecular weight is 309 g/mol. The van der Waals surface area contributed by atoms with E-state index in [0.29, 0.717) is 16.5 Å². The number of halogens is 3. The van der Waals surface area contributed by atoms with E-state index in [1.807, 2.05) is 23.6 Å². The van der Waals surface area contributed by atoms with Crippen LogP contribution >= 0.6 is 23.2 Å². The third kappa shape index (κ3) is 2.07. The number of benzene rings is 2. The highest BCUT2D eigenvalue weighted by Crippen LogP contribution is 2.30. The highest BCUT2D eigenvalue weighted by atomic mass is 35.5. The molecule has 2 nitrogen and oxygen atoms in total. The van der Waals surface area contributed by atoms with E-state index < -0.39 is 0 Å². The Kier molecular flexibility index (Phi) is 3.40. The van der Waals surface area contributed by atoms with Crippen molar-refractivity contribution in [3.8, 4) is 5.69 Å². The Morgan fingerprint density at radius 3 is 2.80 bits per heavy atom. The molecule has 1 heterocycles. The first-order valence-corrected chi connectivity index (χ1v) is 7.01. The monoisotopic (exact) mass is 308 g/mol. The Morgan fingerprint density at radius 2 is 2.05 bits per heavy atom. The van der Waals surface area contributed by atoms with E-state index in [0.717, 1.165) is 16.6 Å². The fourth-order valence-corrected chi connectivity index (χ4v) is 2.74. The maximum absolute atomic E-state index is 13.6. The molecule has 102 valence electrons. The van der Waals surface area contributed by atoms with Crippen molar-refractivity contribution in [1.82, 2.24) is 9.55 Å². The minimum absolute atomic E-state index is 0.223. The summed E-state index contributed by atoms with van der Waals surface area (Å²) < 4.78 is 15.4. The van der Waals surface area contributed by atoms with Gasteiger partial charge in [0.15, 0.2) is 0 Å². The van der Waals surface area contributed by atoms with Crippen LogP contribution in [0, 0.1) is 12.7 Å². The van der Waals surface area contributed by atoms with Gasteiger partial charge in [0.05, 0.1) is 27.6 Å². The zero-order valence-corrected chi connectivity index (χ0v) is 12.2. The first-order valence-electron chi connectivity index (χ1n) is 6.10. The normalized spacial score (nSPS) is 11.2. The van der Waals surface area contributed by atoms with E-state index in [4.69, 9.17) is 23.2 Å². The number of alkyl halides is 1. The Balaban J connectivity index is 2.42. The van der Waals surface area contributed by atoms with Crippen LogP contribution in [0.5, 0.6) is 0 Å². The lowest BCUT2D eigenvalue weighted by molar-refractivity contribution is 0.626. The van der Waals surface area contributed by atoms with Gasteiger partial charge < -0.3 is 0 Å². The molecule has 3 aromatic rings. The summed E-state index contributed by atoms with van der Waals surface area (Å²) in [7, 11) is 0. The number of fused-ring (bicyclic) bond motifs is 1. The van der Waals surface area contributed by atoms with E-state index in [2.05, 4.69) is 4.98 Å². The molecule has 0 fully saturated rings. The summed E-state index contributed by atoms with van der Waals surface area (Å²) in [4.78, 5) is 4.46. The van der Waals surface area contributed by atoms with Crippen LogP contribution in [-0.4, -0.2) is 9.55 Å². The van der Waals surface area contributed by atoms with Gasteiger partial charge in [-0.2, -0.15) is 0 Å². The quantitative estimate of drug-likeness (QED) is 0.618. The molecule has 0 aliphatic carbocycles. The van der Waals surface area contributed by atoms with Crippen molar-refractivity contribution in [1.29, 1.82) is 0 Å². The fraction of sp³-hybridized carbons (Fsp3) is 0.133. The average Bonchev–Trinajstić information content (AvgIpc) is 2.81. The number of imidazole rings is 1. The van der Waals surface area contributed by atoms with Gasteiger partial charge in [-0.1, -0.05) is 23.7 Å². The molecule has 1 aromatic heterocycles. The van der Waals surface area contributed by atoms with Crippen molar-refractivity contribution in [3.05, 3.63) is 58.6 Å². The number of rotatable bonds is 2. The number of aromatic nitrogens is 2. The second-order valence-electron chi connectivity index (χ2n) is 4.54. The molecule has 0 aliphatic rings. The summed E-state index contributed by atoms with van der Waals surface area (Å²) >= 11 is 12.3. The molecule has 0 amide bonds. The molecular formula is C15H11Cl2FN2. The van der Waals surface area contributed by atoms with Crippen LogP contribution in [0.4, 0.5) is 4.39 Å². The highest BCUT2D eigenvalue weighted by molar-refractivity contribution is 6.35. The SMILES string of the molecule is Cc1ccc(F)cc1-n1c(CCl)nc2cccc(Cl)c21. The first kappa shape index (κ1) is 13.4. The van der Waals surface area contributed by atoms with Crippen LogP contribution < -0.4 is 0 Å². The van der Waals surface area contributed by atoms with Crippen molar-refractivity contribution >= 4 is 34.2 Å². The molecule has 0 unspecified atom stereocenters. The second kappa shape index (κ2) is 5.08. The summed E-state index contributed by atoms with van der Waals surface area (Å²) in [5, 5.41) is 0.565. The molecule has 0 N–H and O–H groups in total. The van der Waals surface area contributed by atoms with E-state index in [9.17, 15) is 4.39 Å². The lowest BCUT2D eigenvalue weighted by Crippen LogP contribution is -2.02. The van der Waals surface area contributed by atoms with Crippen molar-refractivity contribution in [2.45, 2.75) is 12.8 Å². The number of hydrogen-bond acceptors (Lipinski definition) is 1. The smallest absolute Gasteiger partial charge is 0.129 e. The van der Waals surface area contributed by atoms with Crippen molar-refractivity contribution in [2.75, 3.05) is 0 Å². The molecular weight excluding hydrogens is 298 g/mol.